The van der Waals surface area contributed by atoms with Crippen LogP contribution in [0.25, 0.3) is 10.8 Å². The van der Waals surface area contributed by atoms with Crippen molar-refractivity contribution in [3.8, 4) is 0 Å². The number of benzene rings is 1. The molecule has 0 radical (unpaired) electrons. The second kappa shape index (κ2) is 7.84. The zero-order chi connectivity index (χ0) is 24.5. The fourth-order valence-electron chi connectivity index (χ4n) is 4.88. The van der Waals surface area contributed by atoms with E-state index in [4.69, 9.17) is 4.74 Å². The van der Waals surface area contributed by atoms with Gasteiger partial charge in [0.15, 0.2) is 0 Å². The van der Waals surface area contributed by atoms with Crippen molar-refractivity contribution < 1.29 is 26.7 Å². The minimum absolute atomic E-state index is 0.119. The lowest BCUT2D eigenvalue weighted by atomic mass is 9.89. The van der Waals surface area contributed by atoms with Gasteiger partial charge >= 0.3 is 6.09 Å². The van der Waals surface area contributed by atoms with E-state index in [0.717, 1.165) is 24.1 Å². The second-order valence-corrected chi connectivity index (χ2v) is 12.4. The number of carbonyl (C=O) groups excluding carboxylic acids is 1. The normalized spacial score (nSPS) is 22.3. The number of aromatic nitrogens is 1. The molecule has 1 unspecified atom stereocenters. The van der Waals surface area contributed by atoms with Crippen LogP contribution < -0.4 is 10.0 Å². The molecule has 1 amide bonds. The van der Waals surface area contributed by atoms with Crippen LogP contribution >= 0.6 is 0 Å². The number of fused-ring (bicyclic) bond motifs is 2. The predicted octanol–water partition coefficient (Wildman–Crippen LogP) is 4.18. The Morgan fingerprint density at radius 1 is 1.15 bits per heavy atom. The summed E-state index contributed by atoms with van der Waals surface area (Å²) in [5, 5.41) is 4.07. The van der Waals surface area contributed by atoms with E-state index < -0.39 is 46.5 Å². The number of nitrogens with one attached hydrogen (secondary N) is 2. The molecule has 2 fully saturated rings. The molecule has 3 aliphatic rings. The van der Waals surface area contributed by atoms with Gasteiger partial charge in [-0.05, 0) is 69.7 Å². The molecular formula is C24H29F2N3O4S. The maximum absolute atomic E-state index is 13.5. The summed E-state index contributed by atoms with van der Waals surface area (Å²) in [6.07, 6.45) is 2.90. The molecule has 2 aromatic rings. The van der Waals surface area contributed by atoms with E-state index in [9.17, 15) is 22.0 Å². The van der Waals surface area contributed by atoms with Gasteiger partial charge in [0.25, 0.3) is 5.92 Å². The van der Waals surface area contributed by atoms with Gasteiger partial charge in [0, 0.05) is 53.5 Å². The molecule has 0 saturated heterocycles. The lowest BCUT2D eigenvalue weighted by molar-refractivity contribution is -0.0876. The van der Waals surface area contributed by atoms with Crippen molar-refractivity contribution in [2.75, 3.05) is 0 Å². The molecular weight excluding hydrogens is 464 g/mol. The highest BCUT2D eigenvalue weighted by atomic mass is 32.2. The highest BCUT2D eigenvalue weighted by Crippen LogP contribution is 2.43. The van der Waals surface area contributed by atoms with Gasteiger partial charge in [-0.1, -0.05) is 0 Å². The van der Waals surface area contributed by atoms with Crippen molar-refractivity contribution in [2.45, 2.75) is 93.7 Å². The summed E-state index contributed by atoms with van der Waals surface area (Å²) in [7, 11) is -4.08. The van der Waals surface area contributed by atoms with Crippen LogP contribution in [0.15, 0.2) is 23.2 Å². The third-order valence-corrected chi connectivity index (χ3v) is 8.15. The van der Waals surface area contributed by atoms with Crippen LogP contribution in [0.4, 0.5) is 13.6 Å². The van der Waals surface area contributed by atoms with Crippen molar-refractivity contribution in [3.05, 3.63) is 35.2 Å². The van der Waals surface area contributed by atoms with Gasteiger partial charge in [-0.15, -0.1) is 0 Å². The van der Waals surface area contributed by atoms with Crippen LogP contribution in [0.3, 0.4) is 0 Å². The van der Waals surface area contributed by atoms with Crippen LogP contribution in [0.5, 0.6) is 0 Å². The quantitative estimate of drug-likeness (QED) is 0.651. The molecule has 1 aromatic carbocycles. The van der Waals surface area contributed by atoms with E-state index in [1.54, 1.807) is 27.0 Å². The smallest absolute Gasteiger partial charge is 0.407 e. The van der Waals surface area contributed by atoms with E-state index >= 15 is 0 Å². The highest BCUT2D eigenvalue weighted by molar-refractivity contribution is 7.89. The molecule has 7 nitrogen and oxygen atoms in total. The molecule has 1 atom stereocenters. The van der Waals surface area contributed by atoms with Gasteiger partial charge in [-0.3, -0.25) is 4.98 Å². The zero-order valence-electron chi connectivity index (χ0n) is 19.5. The fourth-order valence-corrected chi connectivity index (χ4v) is 6.60. The lowest BCUT2D eigenvalue weighted by Gasteiger charge is -2.35. The molecule has 2 N–H and O–H groups in total. The number of halogens is 2. The van der Waals surface area contributed by atoms with Gasteiger partial charge in [-0.25, -0.2) is 26.7 Å². The largest absolute Gasteiger partial charge is 0.444 e. The summed E-state index contributed by atoms with van der Waals surface area (Å²) in [5.74, 6) is -2.51. The number of alkyl halides is 2. The molecule has 5 rings (SSSR count). The number of sulfonamides is 1. The first-order valence-corrected chi connectivity index (χ1v) is 13.1. The minimum atomic E-state index is -4.08. The molecule has 10 heteroatoms. The van der Waals surface area contributed by atoms with Crippen molar-refractivity contribution in [1.82, 2.24) is 15.0 Å². The fraction of sp³-hybridized carbons (Fsp3) is 0.583. The molecule has 1 heterocycles. The van der Waals surface area contributed by atoms with Gasteiger partial charge in [-0.2, -0.15) is 0 Å². The molecule has 2 saturated carbocycles. The van der Waals surface area contributed by atoms with Crippen molar-refractivity contribution >= 4 is 26.9 Å². The zero-order valence-corrected chi connectivity index (χ0v) is 20.3. The lowest BCUT2D eigenvalue weighted by Crippen LogP contribution is -2.50. The van der Waals surface area contributed by atoms with E-state index in [-0.39, 0.29) is 10.9 Å². The Morgan fingerprint density at radius 2 is 1.85 bits per heavy atom. The number of nitrogens with zero attached hydrogens (tertiary/aromatic N) is 1. The summed E-state index contributed by atoms with van der Waals surface area (Å²) in [6, 6.07) is 2.61. The Bertz CT molecular complexity index is 1260. The van der Waals surface area contributed by atoms with Crippen molar-refractivity contribution in [2.24, 2.45) is 0 Å². The number of hydrogen-bond acceptors (Lipinski definition) is 5. The van der Waals surface area contributed by atoms with Crippen LogP contribution in [-0.2, 0) is 27.6 Å². The monoisotopic (exact) mass is 493 g/mol. The molecule has 1 aromatic heterocycles. The first-order valence-electron chi connectivity index (χ1n) is 11.6. The van der Waals surface area contributed by atoms with Crippen molar-refractivity contribution in [1.29, 1.82) is 0 Å². The number of hydrogen-bond donors (Lipinski definition) is 2. The van der Waals surface area contributed by atoms with E-state index in [1.807, 2.05) is 12.1 Å². The van der Waals surface area contributed by atoms with Crippen molar-refractivity contribution in [3.63, 3.8) is 0 Å². The third-order valence-electron chi connectivity index (χ3n) is 6.51. The van der Waals surface area contributed by atoms with Gasteiger partial charge < -0.3 is 10.1 Å². The summed E-state index contributed by atoms with van der Waals surface area (Å²) in [6.45, 7) is 5.31. The van der Waals surface area contributed by atoms with E-state index in [0.29, 0.717) is 35.1 Å². The molecule has 0 spiro atoms. The van der Waals surface area contributed by atoms with Crippen LogP contribution in [0, 0.1) is 0 Å². The van der Waals surface area contributed by atoms with E-state index in [2.05, 4.69) is 15.0 Å². The average Bonchev–Trinajstić information content (AvgIpc) is 3.43. The van der Waals surface area contributed by atoms with Gasteiger partial charge in [0.05, 0.1) is 4.90 Å². The molecule has 184 valence electrons. The van der Waals surface area contributed by atoms with Gasteiger partial charge in [0.2, 0.25) is 10.0 Å². The number of ether oxygens (including phenoxy) is 1. The van der Waals surface area contributed by atoms with Gasteiger partial charge in [0.1, 0.15) is 5.60 Å². The maximum Gasteiger partial charge on any atom is 0.407 e. The number of amides is 1. The number of carbonyl (C=O) groups is 1. The molecule has 3 aliphatic carbocycles. The number of rotatable bonds is 5. The molecule has 0 bridgehead atoms. The topological polar surface area (TPSA) is 97.4 Å². The Balaban J connectivity index is 1.51. The summed E-state index contributed by atoms with van der Waals surface area (Å²) in [4.78, 5) is 17.0. The summed E-state index contributed by atoms with van der Waals surface area (Å²) in [5.41, 5.74) is 1.60. The molecule has 0 aliphatic heterocycles. The number of alkyl carbamates (subject to hydrolysis) is 1. The van der Waals surface area contributed by atoms with Crippen LogP contribution in [-0.4, -0.2) is 43.1 Å². The molecule has 34 heavy (non-hydrogen) atoms. The number of pyridine rings is 1. The minimum Gasteiger partial charge on any atom is -0.444 e. The van der Waals surface area contributed by atoms with E-state index in [1.165, 1.54) is 0 Å². The maximum atomic E-state index is 13.5. The first kappa shape index (κ1) is 23.4. The second-order valence-electron chi connectivity index (χ2n) is 10.8. The SMILES string of the molecule is CC(C)(C)OC(=O)NC1Cc2cc3cnc(C4CC4)cc3c(S(=O)(=O)NC3CC(F)(F)C3)c2C1. The summed E-state index contributed by atoms with van der Waals surface area (Å²) >= 11 is 0. The van der Waals surface area contributed by atoms with Crippen LogP contribution in [0.2, 0.25) is 0 Å². The summed E-state index contributed by atoms with van der Waals surface area (Å²) < 4.78 is 61.7. The van der Waals surface area contributed by atoms with Crippen LogP contribution in [0.1, 0.15) is 69.2 Å². The Hall–Kier alpha value is -2.33. The Labute approximate surface area is 197 Å². The Kier molecular flexibility index (Phi) is 5.40. The predicted molar refractivity (Wildman–Crippen MR) is 123 cm³/mol. The third kappa shape index (κ3) is 4.75. The standard InChI is InChI=1S/C24H29F2N3O4S/c1-23(2,3)33-22(30)28-16-7-14-6-15-12-27-20(13-4-5-13)9-19(15)21(18(14)8-16)34(31,32)29-17-10-24(25,26)11-17/h6,9,12-13,16-17,29H,4-5,7-8,10-11H2,1-3H3,(H,28,30). The average molecular weight is 494 g/mol. The Morgan fingerprint density at radius 3 is 2.47 bits per heavy atom. The first-order chi connectivity index (χ1) is 15.8. The highest BCUT2D eigenvalue weighted by Gasteiger charge is 2.47.